The summed E-state index contributed by atoms with van der Waals surface area (Å²) in [4.78, 5) is 22.6. The lowest BCUT2D eigenvalue weighted by molar-refractivity contribution is 0.242. The first-order chi connectivity index (χ1) is 14.4. The number of rotatable bonds is 6. The average Bonchev–Trinajstić information content (AvgIpc) is 2.73. The fourth-order valence-corrected chi connectivity index (χ4v) is 4.21. The molecule has 2 N–H and O–H groups in total. The number of sulfone groups is 1. The van der Waals surface area contributed by atoms with Crippen molar-refractivity contribution in [2.24, 2.45) is 0 Å². The molecule has 2 aromatic carbocycles. The highest BCUT2D eigenvalue weighted by atomic mass is 32.2. The molecule has 0 aliphatic carbocycles. The van der Waals surface area contributed by atoms with E-state index in [1.807, 2.05) is 42.5 Å². The molecule has 0 atom stereocenters. The summed E-state index contributed by atoms with van der Waals surface area (Å²) in [7, 11) is -3.20. The molecule has 0 saturated carbocycles. The Balaban J connectivity index is 1.43. The molecule has 7 nitrogen and oxygen atoms in total. The van der Waals surface area contributed by atoms with Gasteiger partial charge in [-0.2, -0.15) is 0 Å². The van der Waals surface area contributed by atoms with E-state index in [0.717, 1.165) is 23.4 Å². The van der Waals surface area contributed by atoms with Crippen LogP contribution in [0.15, 0.2) is 64.3 Å². The number of benzene rings is 2. The normalized spacial score (nSPS) is 14.3. The number of aromatic nitrogens is 2. The van der Waals surface area contributed by atoms with Gasteiger partial charge in [-0.25, -0.2) is 13.4 Å². The van der Waals surface area contributed by atoms with Crippen LogP contribution in [0.25, 0.3) is 0 Å². The van der Waals surface area contributed by atoms with Gasteiger partial charge in [-0.3, -0.25) is 14.7 Å². The molecule has 1 aliphatic heterocycles. The van der Waals surface area contributed by atoms with Crippen molar-refractivity contribution in [3.8, 4) is 0 Å². The van der Waals surface area contributed by atoms with Crippen LogP contribution in [-0.2, 0) is 35.9 Å². The largest absolute Gasteiger partial charge is 0.352 e. The summed E-state index contributed by atoms with van der Waals surface area (Å²) in [6.45, 7) is 2.55. The molecule has 3 aromatic rings. The van der Waals surface area contributed by atoms with E-state index in [9.17, 15) is 13.2 Å². The molecule has 0 bridgehead atoms. The smallest absolute Gasteiger partial charge is 0.257 e. The van der Waals surface area contributed by atoms with Crippen molar-refractivity contribution >= 4 is 15.8 Å². The first-order valence-electron chi connectivity index (χ1n) is 9.80. The fourth-order valence-electron chi connectivity index (χ4n) is 3.58. The maximum atomic E-state index is 12.6. The van der Waals surface area contributed by atoms with Gasteiger partial charge >= 0.3 is 0 Å². The van der Waals surface area contributed by atoms with Crippen molar-refractivity contribution in [3.63, 3.8) is 0 Å². The second-order valence-electron chi connectivity index (χ2n) is 7.56. The third-order valence-electron chi connectivity index (χ3n) is 5.21. The summed E-state index contributed by atoms with van der Waals surface area (Å²) in [5.41, 5.74) is 3.53. The highest BCUT2D eigenvalue weighted by molar-refractivity contribution is 7.90. The number of hydrogen-bond donors (Lipinski definition) is 2. The van der Waals surface area contributed by atoms with E-state index in [2.05, 4.69) is 20.2 Å². The van der Waals surface area contributed by atoms with E-state index < -0.39 is 9.84 Å². The summed E-state index contributed by atoms with van der Waals surface area (Å²) in [5, 5.41) is 3.19. The number of nitrogens with one attached hydrogen (secondary N) is 2. The van der Waals surface area contributed by atoms with Crippen LogP contribution in [0, 0.1) is 0 Å². The predicted molar refractivity (Wildman–Crippen MR) is 116 cm³/mol. The molecular weight excluding hydrogens is 400 g/mol. The molecule has 0 unspecified atom stereocenters. The predicted octanol–water partition coefficient (Wildman–Crippen LogP) is 2.34. The molecule has 1 aliphatic rings. The topological polar surface area (TPSA) is 95.2 Å². The Hall–Kier alpha value is -2.97. The van der Waals surface area contributed by atoms with Crippen LogP contribution in [0.5, 0.6) is 0 Å². The Morgan fingerprint density at radius 3 is 2.50 bits per heavy atom. The van der Waals surface area contributed by atoms with Gasteiger partial charge < -0.3 is 5.32 Å². The molecule has 8 heteroatoms. The summed E-state index contributed by atoms with van der Waals surface area (Å²) < 4.78 is 23.2. The Kier molecular flexibility index (Phi) is 5.69. The zero-order valence-electron chi connectivity index (χ0n) is 16.8. The molecule has 30 heavy (non-hydrogen) atoms. The van der Waals surface area contributed by atoms with E-state index in [0.29, 0.717) is 42.5 Å². The molecular formula is C22H24N4O3S. The van der Waals surface area contributed by atoms with E-state index in [1.54, 1.807) is 12.1 Å². The standard InChI is InChI=1S/C22H24N4O3S/c1-30(28,29)18-9-7-17(8-10-18)14-26-12-11-20-19(15-26)21(27)25-22(24-20)23-13-16-5-3-2-4-6-16/h2-10H,11-15H2,1H3,(H2,23,24,25,27). The van der Waals surface area contributed by atoms with Gasteiger partial charge in [0.2, 0.25) is 5.95 Å². The highest BCUT2D eigenvalue weighted by Crippen LogP contribution is 2.18. The van der Waals surface area contributed by atoms with Gasteiger partial charge in [0, 0.05) is 38.9 Å². The minimum Gasteiger partial charge on any atom is -0.352 e. The lowest BCUT2D eigenvalue weighted by Gasteiger charge is -2.27. The van der Waals surface area contributed by atoms with Crippen molar-refractivity contribution in [1.29, 1.82) is 0 Å². The highest BCUT2D eigenvalue weighted by Gasteiger charge is 2.21. The summed E-state index contributed by atoms with van der Waals surface area (Å²) in [5.74, 6) is 0.493. The van der Waals surface area contributed by atoms with E-state index in [1.165, 1.54) is 6.26 Å². The molecule has 0 amide bonds. The summed E-state index contributed by atoms with van der Waals surface area (Å²) in [6.07, 6.45) is 1.90. The zero-order valence-corrected chi connectivity index (χ0v) is 17.6. The average molecular weight is 425 g/mol. The van der Waals surface area contributed by atoms with Crippen molar-refractivity contribution in [1.82, 2.24) is 14.9 Å². The van der Waals surface area contributed by atoms with Gasteiger partial charge in [-0.05, 0) is 23.3 Å². The Morgan fingerprint density at radius 1 is 1.07 bits per heavy atom. The second kappa shape index (κ2) is 8.41. The van der Waals surface area contributed by atoms with Gasteiger partial charge in [0.15, 0.2) is 9.84 Å². The number of H-pyrrole nitrogens is 1. The Morgan fingerprint density at radius 2 is 1.80 bits per heavy atom. The van der Waals surface area contributed by atoms with Crippen LogP contribution in [0.4, 0.5) is 5.95 Å². The van der Waals surface area contributed by atoms with Crippen molar-refractivity contribution in [2.45, 2.75) is 31.0 Å². The van der Waals surface area contributed by atoms with Gasteiger partial charge in [0.1, 0.15) is 0 Å². The van der Waals surface area contributed by atoms with Gasteiger partial charge in [0.25, 0.3) is 5.56 Å². The lowest BCUT2D eigenvalue weighted by Crippen LogP contribution is -2.35. The molecule has 0 radical (unpaired) electrons. The molecule has 2 heterocycles. The zero-order chi connectivity index (χ0) is 21.1. The van der Waals surface area contributed by atoms with Gasteiger partial charge in [-0.15, -0.1) is 0 Å². The minimum absolute atomic E-state index is 0.118. The number of fused-ring (bicyclic) bond motifs is 1. The maximum Gasteiger partial charge on any atom is 0.257 e. The minimum atomic E-state index is -3.20. The Bertz CT molecular complexity index is 1190. The van der Waals surface area contributed by atoms with Gasteiger partial charge in [-0.1, -0.05) is 42.5 Å². The van der Waals surface area contributed by atoms with Crippen molar-refractivity contribution < 1.29 is 8.42 Å². The quantitative estimate of drug-likeness (QED) is 0.631. The van der Waals surface area contributed by atoms with Crippen LogP contribution in [0.3, 0.4) is 0 Å². The second-order valence-corrected chi connectivity index (χ2v) is 9.57. The van der Waals surface area contributed by atoms with Crippen LogP contribution >= 0.6 is 0 Å². The first kappa shape index (κ1) is 20.3. The molecule has 1 aromatic heterocycles. The number of hydrogen-bond acceptors (Lipinski definition) is 6. The van der Waals surface area contributed by atoms with E-state index >= 15 is 0 Å². The third-order valence-corrected chi connectivity index (χ3v) is 6.34. The molecule has 4 rings (SSSR count). The summed E-state index contributed by atoms with van der Waals surface area (Å²) >= 11 is 0. The van der Waals surface area contributed by atoms with Crippen LogP contribution in [0.1, 0.15) is 22.4 Å². The van der Waals surface area contributed by atoms with E-state index in [-0.39, 0.29) is 5.56 Å². The SMILES string of the molecule is CS(=O)(=O)c1ccc(CN2CCc3nc(NCc4ccccc4)[nH]c(=O)c3C2)cc1. The molecule has 156 valence electrons. The number of nitrogens with zero attached hydrogens (tertiary/aromatic N) is 2. The van der Waals surface area contributed by atoms with Crippen molar-refractivity contribution in [2.75, 3.05) is 18.1 Å². The molecule has 0 fully saturated rings. The first-order valence-corrected chi connectivity index (χ1v) is 11.7. The molecule has 0 saturated heterocycles. The fraction of sp³-hybridized carbons (Fsp3) is 0.273. The van der Waals surface area contributed by atoms with E-state index in [4.69, 9.17) is 0 Å². The lowest BCUT2D eigenvalue weighted by atomic mass is 10.1. The number of anilines is 1. The maximum absolute atomic E-state index is 12.6. The van der Waals surface area contributed by atoms with Crippen LogP contribution in [-0.4, -0.2) is 36.1 Å². The Labute approximate surface area is 175 Å². The number of aromatic amines is 1. The van der Waals surface area contributed by atoms with Crippen LogP contribution < -0.4 is 10.9 Å². The third kappa shape index (κ3) is 4.77. The van der Waals surface area contributed by atoms with Gasteiger partial charge in [0.05, 0.1) is 16.2 Å². The monoisotopic (exact) mass is 424 g/mol. The molecule has 0 spiro atoms. The summed E-state index contributed by atoms with van der Waals surface area (Å²) in [6, 6.07) is 16.9. The van der Waals surface area contributed by atoms with Crippen LogP contribution in [0.2, 0.25) is 0 Å². The van der Waals surface area contributed by atoms with Crippen molar-refractivity contribution in [3.05, 3.63) is 87.3 Å².